The fourth-order valence-corrected chi connectivity index (χ4v) is 0.578. The van der Waals surface area contributed by atoms with E-state index in [1.165, 1.54) is 0 Å². The molecule has 10 heavy (non-hydrogen) atoms. The van der Waals surface area contributed by atoms with Crippen LogP contribution >= 0.6 is 12.6 Å². The quantitative estimate of drug-likeness (QED) is 0.375. The lowest BCUT2D eigenvalue weighted by molar-refractivity contribution is 0.235. The highest BCUT2D eigenvalue weighted by molar-refractivity contribution is 7.80. The summed E-state index contributed by atoms with van der Waals surface area (Å²) in [7, 11) is 0. The first-order valence-electron chi connectivity index (χ1n) is 3.34. The largest absolute Gasteiger partial charge is 0.497 e. The van der Waals surface area contributed by atoms with Gasteiger partial charge in [0.25, 0.3) is 0 Å². The van der Waals surface area contributed by atoms with E-state index < -0.39 is 0 Å². The molecule has 0 spiro atoms. The van der Waals surface area contributed by atoms with Gasteiger partial charge < -0.3 is 4.74 Å². The first-order valence-corrected chi connectivity index (χ1v) is 3.97. The normalized spacial score (nSPS) is 12.5. The van der Waals surface area contributed by atoms with Crippen molar-refractivity contribution in [2.45, 2.75) is 13.8 Å². The second-order valence-electron chi connectivity index (χ2n) is 1.88. The number of rotatable bonds is 4. The lowest BCUT2D eigenvalue weighted by atomic mass is 10.4. The smallest absolute Gasteiger partial charge is 0.0965 e. The monoisotopic (exact) mass is 158 g/mol. The minimum Gasteiger partial charge on any atom is -0.497 e. The van der Waals surface area contributed by atoms with E-state index in [9.17, 15) is 0 Å². The summed E-state index contributed by atoms with van der Waals surface area (Å²) in [5.74, 6) is 1.70. The molecule has 0 N–H and O–H groups in total. The summed E-state index contributed by atoms with van der Waals surface area (Å²) >= 11 is 4.02. The topological polar surface area (TPSA) is 9.23 Å². The molecular formula is C8H14OS. The second kappa shape index (κ2) is 6.75. The van der Waals surface area contributed by atoms with Crippen LogP contribution in [0.3, 0.4) is 0 Å². The highest BCUT2D eigenvalue weighted by Crippen LogP contribution is 1.95. The van der Waals surface area contributed by atoms with Gasteiger partial charge in [0.2, 0.25) is 0 Å². The van der Waals surface area contributed by atoms with Gasteiger partial charge in [-0.05, 0) is 19.9 Å². The Bertz CT molecular complexity index is 127. The van der Waals surface area contributed by atoms with Crippen molar-refractivity contribution in [3.63, 3.8) is 0 Å². The maximum Gasteiger partial charge on any atom is 0.0965 e. The Hall–Kier alpha value is -0.370. The zero-order valence-corrected chi connectivity index (χ0v) is 7.40. The summed E-state index contributed by atoms with van der Waals surface area (Å²) in [5.41, 5.74) is 0. The lowest BCUT2D eigenvalue weighted by Gasteiger charge is -2.01. The van der Waals surface area contributed by atoms with E-state index in [-0.39, 0.29) is 0 Å². The van der Waals surface area contributed by atoms with E-state index in [1.807, 2.05) is 32.1 Å². The van der Waals surface area contributed by atoms with E-state index in [2.05, 4.69) is 12.6 Å². The molecule has 0 atom stereocenters. The Kier molecular flexibility index (Phi) is 6.50. The molecule has 0 fully saturated rings. The molecule has 0 rings (SSSR count). The van der Waals surface area contributed by atoms with Gasteiger partial charge in [-0.2, -0.15) is 12.6 Å². The van der Waals surface area contributed by atoms with Crippen molar-refractivity contribution in [1.29, 1.82) is 0 Å². The zero-order chi connectivity index (χ0) is 7.82. The molecule has 0 amide bonds. The van der Waals surface area contributed by atoms with Crippen molar-refractivity contribution in [2.75, 3.05) is 12.4 Å². The Morgan fingerprint density at radius 3 is 2.80 bits per heavy atom. The van der Waals surface area contributed by atoms with Gasteiger partial charge in [-0.15, -0.1) is 0 Å². The molecule has 0 aliphatic heterocycles. The molecule has 0 saturated heterocycles. The van der Waals surface area contributed by atoms with Crippen LogP contribution in [0.1, 0.15) is 13.8 Å². The van der Waals surface area contributed by atoms with Crippen molar-refractivity contribution in [2.24, 2.45) is 0 Å². The molecule has 0 heterocycles. The van der Waals surface area contributed by atoms with E-state index in [4.69, 9.17) is 4.74 Å². The van der Waals surface area contributed by atoms with Crippen LogP contribution in [0.5, 0.6) is 0 Å². The van der Waals surface area contributed by atoms with Crippen molar-refractivity contribution in [3.05, 3.63) is 24.0 Å². The van der Waals surface area contributed by atoms with Crippen LogP contribution in [0, 0.1) is 0 Å². The first-order chi connectivity index (χ1) is 4.81. The van der Waals surface area contributed by atoms with Crippen LogP contribution in [0.2, 0.25) is 0 Å². The Balaban J connectivity index is 3.49. The van der Waals surface area contributed by atoms with Crippen LogP contribution in [-0.4, -0.2) is 12.4 Å². The van der Waals surface area contributed by atoms with Crippen molar-refractivity contribution in [3.8, 4) is 0 Å². The molecule has 0 radical (unpaired) electrons. The van der Waals surface area contributed by atoms with Gasteiger partial charge in [0.15, 0.2) is 0 Å². The van der Waals surface area contributed by atoms with Crippen molar-refractivity contribution in [1.82, 2.24) is 0 Å². The summed E-state index contributed by atoms with van der Waals surface area (Å²) in [4.78, 5) is 0. The van der Waals surface area contributed by atoms with E-state index in [0.29, 0.717) is 6.61 Å². The fraction of sp³-hybridized carbons (Fsp3) is 0.500. The minimum atomic E-state index is 0.684. The standard InChI is InChI=1S/C8H14OS/c1-3-4-5-8(2)9-6-7-10/h3-5,10H,6-7H2,1-2H3/b4-3-,8-5+. The number of ether oxygens (including phenoxy) is 1. The number of hydrogen-bond donors (Lipinski definition) is 1. The molecule has 0 saturated carbocycles. The minimum absolute atomic E-state index is 0.684. The lowest BCUT2D eigenvalue weighted by Crippen LogP contribution is -1.91. The zero-order valence-electron chi connectivity index (χ0n) is 6.50. The Labute approximate surface area is 68.2 Å². The third kappa shape index (κ3) is 5.76. The van der Waals surface area contributed by atoms with Gasteiger partial charge in [-0.25, -0.2) is 0 Å². The number of allylic oxidation sites excluding steroid dienone is 4. The number of hydrogen-bond acceptors (Lipinski definition) is 2. The van der Waals surface area contributed by atoms with E-state index >= 15 is 0 Å². The molecule has 2 heteroatoms. The van der Waals surface area contributed by atoms with Crippen LogP contribution in [0.4, 0.5) is 0 Å². The summed E-state index contributed by atoms with van der Waals surface area (Å²) in [6.07, 6.45) is 5.85. The molecule has 0 aromatic rings. The summed E-state index contributed by atoms with van der Waals surface area (Å²) < 4.78 is 5.23. The van der Waals surface area contributed by atoms with Crippen molar-refractivity contribution >= 4 is 12.6 Å². The van der Waals surface area contributed by atoms with Crippen LogP contribution in [0.15, 0.2) is 24.0 Å². The maximum atomic E-state index is 5.23. The van der Waals surface area contributed by atoms with Crippen LogP contribution in [-0.2, 0) is 4.74 Å². The van der Waals surface area contributed by atoms with E-state index in [1.54, 1.807) is 0 Å². The average molecular weight is 158 g/mol. The second-order valence-corrected chi connectivity index (χ2v) is 2.32. The molecule has 0 aromatic heterocycles. The predicted molar refractivity (Wildman–Crippen MR) is 48.4 cm³/mol. The molecule has 0 aliphatic rings. The van der Waals surface area contributed by atoms with Gasteiger partial charge in [0.1, 0.15) is 0 Å². The summed E-state index contributed by atoms with van der Waals surface area (Å²) in [6.45, 7) is 4.59. The fourth-order valence-electron chi connectivity index (χ4n) is 0.486. The molecule has 0 aromatic carbocycles. The van der Waals surface area contributed by atoms with Gasteiger partial charge in [0, 0.05) is 5.75 Å². The summed E-state index contributed by atoms with van der Waals surface area (Å²) in [6, 6.07) is 0. The highest BCUT2D eigenvalue weighted by atomic mass is 32.1. The Morgan fingerprint density at radius 1 is 1.60 bits per heavy atom. The number of thiol groups is 1. The maximum absolute atomic E-state index is 5.23. The Morgan fingerprint density at radius 2 is 2.30 bits per heavy atom. The van der Waals surface area contributed by atoms with Gasteiger partial charge in [-0.1, -0.05) is 12.2 Å². The van der Waals surface area contributed by atoms with E-state index in [0.717, 1.165) is 11.5 Å². The van der Waals surface area contributed by atoms with Gasteiger partial charge >= 0.3 is 0 Å². The molecule has 1 nitrogen and oxygen atoms in total. The molecule has 0 aliphatic carbocycles. The predicted octanol–water partition coefficient (Wildman–Crippen LogP) is 2.41. The third-order valence-corrected chi connectivity index (χ3v) is 1.13. The molecular weight excluding hydrogens is 144 g/mol. The molecule has 0 unspecified atom stereocenters. The first kappa shape index (κ1) is 9.63. The van der Waals surface area contributed by atoms with Gasteiger partial charge in [-0.3, -0.25) is 0 Å². The van der Waals surface area contributed by atoms with Crippen LogP contribution in [0.25, 0.3) is 0 Å². The molecule has 0 bridgehead atoms. The highest BCUT2D eigenvalue weighted by Gasteiger charge is 1.83. The molecule has 58 valence electrons. The SMILES string of the molecule is C/C=C\C=C(/C)OCCS. The summed E-state index contributed by atoms with van der Waals surface area (Å²) in [5, 5.41) is 0. The third-order valence-electron chi connectivity index (χ3n) is 0.944. The van der Waals surface area contributed by atoms with Gasteiger partial charge in [0.05, 0.1) is 12.4 Å². The average Bonchev–Trinajstić information content (AvgIpc) is 1.97. The van der Waals surface area contributed by atoms with Crippen LogP contribution < -0.4 is 0 Å². The van der Waals surface area contributed by atoms with Crippen molar-refractivity contribution < 1.29 is 4.74 Å².